The van der Waals surface area contributed by atoms with Gasteiger partial charge in [0.2, 0.25) is 0 Å². The summed E-state index contributed by atoms with van der Waals surface area (Å²) in [5, 5.41) is 9.17. The molecule has 0 radical (unpaired) electrons. The van der Waals surface area contributed by atoms with Gasteiger partial charge in [0.15, 0.2) is 0 Å². The first-order valence-corrected chi connectivity index (χ1v) is 11.9. The summed E-state index contributed by atoms with van der Waals surface area (Å²) >= 11 is 3.55. The van der Waals surface area contributed by atoms with Gasteiger partial charge in [0, 0.05) is 21.9 Å². The molecule has 1 N–H and O–H groups in total. The van der Waals surface area contributed by atoms with Gasteiger partial charge in [0.05, 0.1) is 22.6 Å². The number of carbonyl (C=O) groups is 1. The standard InChI is InChI=1S/C30H21BrN2O2/c31-25-13-17-27(18-14-25)33-28(21-7-3-1-4-8-21)19-24(29(33)22-9-5-2-6-10-22)20-32-26-15-11-23(12-16-26)30(34)35/h1-20H,(H,34,35). The Kier molecular flexibility index (Phi) is 6.42. The molecule has 4 aromatic carbocycles. The Balaban J connectivity index is 1.72. The molecule has 0 saturated carbocycles. The maximum absolute atomic E-state index is 11.2. The highest BCUT2D eigenvalue weighted by atomic mass is 79.9. The zero-order chi connectivity index (χ0) is 24.2. The van der Waals surface area contributed by atoms with Crippen LogP contribution in [0.1, 0.15) is 15.9 Å². The fourth-order valence-electron chi connectivity index (χ4n) is 4.03. The van der Waals surface area contributed by atoms with E-state index in [9.17, 15) is 4.79 Å². The fourth-order valence-corrected chi connectivity index (χ4v) is 4.30. The Morgan fingerprint density at radius 2 is 1.37 bits per heavy atom. The second-order valence-corrected chi connectivity index (χ2v) is 8.90. The molecule has 0 unspecified atom stereocenters. The number of hydrogen-bond acceptors (Lipinski definition) is 2. The van der Waals surface area contributed by atoms with Crippen LogP contribution in [0.4, 0.5) is 5.69 Å². The summed E-state index contributed by atoms with van der Waals surface area (Å²) in [7, 11) is 0. The molecular formula is C30H21BrN2O2. The number of nitrogens with zero attached hydrogens (tertiary/aromatic N) is 2. The summed E-state index contributed by atoms with van der Waals surface area (Å²) in [6.07, 6.45) is 1.85. The average Bonchev–Trinajstić information content (AvgIpc) is 3.28. The van der Waals surface area contributed by atoms with E-state index in [0.717, 1.165) is 38.2 Å². The van der Waals surface area contributed by atoms with E-state index in [2.05, 4.69) is 68.0 Å². The highest BCUT2D eigenvalue weighted by Crippen LogP contribution is 2.36. The molecule has 0 aliphatic rings. The largest absolute Gasteiger partial charge is 0.478 e. The highest BCUT2D eigenvalue weighted by Gasteiger charge is 2.18. The molecular weight excluding hydrogens is 500 g/mol. The van der Waals surface area contributed by atoms with E-state index in [0.29, 0.717) is 5.69 Å². The van der Waals surface area contributed by atoms with Gasteiger partial charge in [-0.05, 0) is 65.7 Å². The summed E-state index contributed by atoms with van der Waals surface area (Å²) in [5.74, 6) is -0.953. The van der Waals surface area contributed by atoms with Gasteiger partial charge in [-0.15, -0.1) is 0 Å². The lowest BCUT2D eigenvalue weighted by Gasteiger charge is -2.15. The number of hydrogen-bond donors (Lipinski definition) is 1. The van der Waals surface area contributed by atoms with Crippen molar-refractivity contribution >= 4 is 33.8 Å². The number of aromatic nitrogens is 1. The lowest BCUT2D eigenvalue weighted by Crippen LogP contribution is -2.00. The molecule has 0 aliphatic heterocycles. The molecule has 0 bridgehead atoms. The van der Waals surface area contributed by atoms with Crippen molar-refractivity contribution in [3.8, 4) is 28.2 Å². The zero-order valence-corrected chi connectivity index (χ0v) is 20.3. The predicted molar refractivity (Wildman–Crippen MR) is 145 cm³/mol. The van der Waals surface area contributed by atoms with Crippen LogP contribution in [0, 0.1) is 0 Å². The second kappa shape index (κ2) is 9.95. The number of benzene rings is 4. The average molecular weight is 521 g/mol. The first-order chi connectivity index (χ1) is 17.1. The quantitative estimate of drug-likeness (QED) is 0.230. The lowest BCUT2D eigenvalue weighted by molar-refractivity contribution is 0.0697. The molecule has 0 atom stereocenters. The SMILES string of the molecule is O=C(O)c1ccc(N=Cc2cc(-c3ccccc3)n(-c3ccc(Br)cc3)c2-c2ccccc2)cc1. The Hall–Kier alpha value is -4.22. The van der Waals surface area contributed by atoms with Gasteiger partial charge in [-0.25, -0.2) is 4.79 Å². The minimum absolute atomic E-state index is 0.238. The van der Waals surface area contributed by atoms with Crippen LogP contribution in [-0.4, -0.2) is 21.9 Å². The van der Waals surface area contributed by atoms with Crippen LogP contribution in [0.2, 0.25) is 0 Å². The molecule has 0 fully saturated rings. The lowest BCUT2D eigenvalue weighted by atomic mass is 10.1. The van der Waals surface area contributed by atoms with Crippen molar-refractivity contribution in [3.63, 3.8) is 0 Å². The third-order valence-corrected chi connectivity index (χ3v) is 6.23. The van der Waals surface area contributed by atoms with Gasteiger partial charge >= 0.3 is 5.97 Å². The minimum Gasteiger partial charge on any atom is -0.478 e. The van der Waals surface area contributed by atoms with Gasteiger partial charge in [0.1, 0.15) is 0 Å². The van der Waals surface area contributed by atoms with Crippen LogP contribution in [0.25, 0.3) is 28.2 Å². The van der Waals surface area contributed by atoms with Gasteiger partial charge < -0.3 is 9.67 Å². The number of rotatable bonds is 6. The highest BCUT2D eigenvalue weighted by molar-refractivity contribution is 9.10. The third-order valence-electron chi connectivity index (χ3n) is 5.70. The fraction of sp³-hybridized carbons (Fsp3) is 0. The van der Waals surface area contributed by atoms with E-state index in [4.69, 9.17) is 5.11 Å². The van der Waals surface area contributed by atoms with E-state index in [1.807, 2.05) is 54.7 Å². The maximum atomic E-state index is 11.2. The van der Waals surface area contributed by atoms with Gasteiger partial charge in [-0.1, -0.05) is 76.6 Å². The van der Waals surface area contributed by atoms with Crippen molar-refractivity contribution in [1.29, 1.82) is 0 Å². The Morgan fingerprint density at radius 3 is 1.97 bits per heavy atom. The number of carboxylic acids is 1. The van der Waals surface area contributed by atoms with Crippen molar-refractivity contribution in [2.75, 3.05) is 0 Å². The third kappa shape index (κ3) is 4.86. The summed E-state index contributed by atoms with van der Waals surface area (Å²) in [5.41, 5.74) is 7.16. The van der Waals surface area contributed by atoms with Gasteiger partial charge in [-0.2, -0.15) is 0 Å². The predicted octanol–water partition coefficient (Wildman–Crippen LogP) is 8.02. The van der Waals surface area contributed by atoms with E-state index in [-0.39, 0.29) is 5.56 Å². The molecule has 5 rings (SSSR count). The Labute approximate surface area is 212 Å². The normalized spacial score (nSPS) is 11.1. The monoisotopic (exact) mass is 520 g/mol. The van der Waals surface area contributed by atoms with Crippen molar-refractivity contribution < 1.29 is 9.90 Å². The first kappa shape index (κ1) is 22.6. The molecule has 1 aromatic heterocycles. The topological polar surface area (TPSA) is 54.6 Å². The molecule has 4 nitrogen and oxygen atoms in total. The van der Waals surface area contributed by atoms with Crippen LogP contribution < -0.4 is 0 Å². The molecule has 35 heavy (non-hydrogen) atoms. The Morgan fingerprint density at radius 1 is 0.771 bits per heavy atom. The number of aromatic carboxylic acids is 1. The summed E-state index contributed by atoms with van der Waals surface area (Å²) in [4.78, 5) is 15.9. The van der Waals surface area contributed by atoms with Crippen LogP contribution in [0.3, 0.4) is 0 Å². The molecule has 1 heterocycles. The van der Waals surface area contributed by atoms with Crippen LogP contribution in [0.15, 0.2) is 125 Å². The van der Waals surface area contributed by atoms with E-state index < -0.39 is 5.97 Å². The molecule has 5 aromatic rings. The van der Waals surface area contributed by atoms with Crippen LogP contribution in [-0.2, 0) is 0 Å². The molecule has 5 heteroatoms. The number of carboxylic acid groups (broad SMARTS) is 1. The molecule has 170 valence electrons. The molecule has 0 aliphatic carbocycles. The van der Waals surface area contributed by atoms with Crippen LogP contribution >= 0.6 is 15.9 Å². The van der Waals surface area contributed by atoms with Gasteiger partial charge in [-0.3, -0.25) is 4.99 Å². The van der Waals surface area contributed by atoms with Crippen molar-refractivity contribution in [2.45, 2.75) is 0 Å². The summed E-state index contributed by atoms with van der Waals surface area (Å²) < 4.78 is 3.27. The van der Waals surface area contributed by atoms with E-state index in [1.165, 1.54) is 0 Å². The molecule has 0 saturated heterocycles. The second-order valence-electron chi connectivity index (χ2n) is 7.99. The zero-order valence-electron chi connectivity index (χ0n) is 18.7. The minimum atomic E-state index is -0.953. The van der Waals surface area contributed by atoms with E-state index in [1.54, 1.807) is 24.3 Å². The van der Waals surface area contributed by atoms with Crippen molar-refractivity contribution in [2.24, 2.45) is 4.99 Å². The van der Waals surface area contributed by atoms with Gasteiger partial charge in [0.25, 0.3) is 0 Å². The Bertz CT molecular complexity index is 1490. The first-order valence-electron chi connectivity index (χ1n) is 11.1. The smallest absolute Gasteiger partial charge is 0.335 e. The molecule has 0 amide bonds. The molecule has 0 spiro atoms. The summed E-state index contributed by atoms with van der Waals surface area (Å²) in [6, 6.07) is 37.5. The van der Waals surface area contributed by atoms with Crippen molar-refractivity contribution in [1.82, 2.24) is 4.57 Å². The van der Waals surface area contributed by atoms with E-state index >= 15 is 0 Å². The number of aliphatic imine (C=N–C) groups is 1. The number of halogens is 1. The van der Waals surface area contributed by atoms with Crippen molar-refractivity contribution in [3.05, 3.63) is 131 Å². The van der Waals surface area contributed by atoms with Crippen LogP contribution in [0.5, 0.6) is 0 Å². The maximum Gasteiger partial charge on any atom is 0.335 e. The summed E-state index contributed by atoms with van der Waals surface area (Å²) in [6.45, 7) is 0.